The van der Waals surface area contributed by atoms with Gasteiger partial charge in [0.25, 0.3) is 0 Å². The Kier molecular flexibility index (Phi) is 4.34. The van der Waals surface area contributed by atoms with Crippen molar-refractivity contribution in [1.82, 2.24) is 10.2 Å². The molecule has 1 saturated heterocycles. The minimum Gasteiger partial charge on any atom is -0.481 e. The van der Waals surface area contributed by atoms with Crippen LogP contribution in [0.25, 0.3) is 0 Å². The lowest BCUT2D eigenvalue weighted by atomic mass is 9.97. The number of ether oxygens (including phenoxy) is 1. The fraction of sp³-hybridized carbons (Fsp3) is 0.818. The normalized spacial score (nSPS) is 23.2. The van der Waals surface area contributed by atoms with E-state index < -0.39 is 5.97 Å². The predicted molar refractivity (Wildman–Crippen MR) is 61.9 cm³/mol. The third kappa shape index (κ3) is 3.59. The number of amides is 2. The lowest BCUT2D eigenvalue weighted by molar-refractivity contribution is -0.136. The number of rotatable bonds is 3. The summed E-state index contributed by atoms with van der Waals surface area (Å²) in [4.78, 5) is 23.9. The summed E-state index contributed by atoms with van der Waals surface area (Å²) >= 11 is 0. The summed E-state index contributed by atoms with van der Waals surface area (Å²) in [5, 5.41) is 11.1. The highest BCUT2D eigenvalue weighted by atomic mass is 16.5. The Hall–Kier alpha value is -1.30. The lowest BCUT2D eigenvalue weighted by Gasteiger charge is -2.44. The zero-order chi connectivity index (χ0) is 13.1. The maximum absolute atomic E-state index is 11.8. The van der Waals surface area contributed by atoms with E-state index in [0.29, 0.717) is 13.2 Å². The van der Waals surface area contributed by atoms with Gasteiger partial charge >= 0.3 is 12.0 Å². The number of urea groups is 1. The molecule has 17 heavy (non-hydrogen) atoms. The molecular weight excluding hydrogens is 224 g/mol. The number of carbonyl (C=O) groups excluding carboxylic acids is 1. The van der Waals surface area contributed by atoms with Crippen molar-refractivity contribution in [2.45, 2.75) is 38.8 Å². The van der Waals surface area contributed by atoms with Crippen molar-refractivity contribution in [2.75, 3.05) is 19.7 Å². The van der Waals surface area contributed by atoms with Gasteiger partial charge in [-0.25, -0.2) is 4.79 Å². The van der Waals surface area contributed by atoms with E-state index in [0.717, 1.165) is 0 Å². The number of nitrogens with one attached hydrogen (secondary N) is 1. The molecule has 0 bridgehead atoms. The first-order valence-electron chi connectivity index (χ1n) is 5.75. The van der Waals surface area contributed by atoms with E-state index in [4.69, 9.17) is 9.84 Å². The highest BCUT2D eigenvalue weighted by Crippen LogP contribution is 2.24. The van der Waals surface area contributed by atoms with Crippen LogP contribution in [0.15, 0.2) is 0 Å². The summed E-state index contributed by atoms with van der Waals surface area (Å²) < 4.78 is 5.58. The van der Waals surface area contributed by atoms with Crippen LogP contribution in [0.2, 0.25) is 0 Å². The maximum atomic E-state index is 11.8. The molecule has 0 spiro atoms. The van der Waals surface area contributed by atoms with Crippen LogP contribution >= 0.6 is 0 Å². The van der Waals surface area contributed by atoms with Crippen LogP contribution in [-0.2, 0) is 9.53 Å². The SMILES string of the molecule is CC1N(C(=O)NCCC(=O)O)CCOC1(C)C. The highest BCUT2D eigenvalue weighted by Gasteiger charge is 2.37. The first-order chi connectivity index (χ1) is 7.84. The Morgan fingerprint density at radius 3 is 2.76 bits per heavy atom. The van der Waals surface area contributed by atoms with Crippen molar-refractivity contribution in [1.29, 1.82) is 0 Å². The molecule has 6 heteroatoms. The van der Waals surface area contributed by atoms with Crippen LogP contribution in [0.5, 0.6) is 0 Å². The molecule has 2 amide bonds. The van der Waals surface area contributed by atoms with Crippen LogP contribution in [-0.4, -0.2) is 53.3 Å². The van der Waals surface area contributed by atoms with Crippen LogP contribution in [0.4, 0.5) is 4.79 Å². The van der Waals surface area contributed by atoms with Crippen molar-refractivity contribution in [3.05, 3.63) is 0 Å². The molecule has 1 aliphatic rings. The standard InChI is InChI=1S/C11H20N2O4/c1-8-11(2,3)17-7-6-13(8)10(16)12-5-4-9(14)15/h8H,4-7H2,1-3H3,(H,12,16)(H,14,15). The number of morpholine rings is 1. The summed E-state index contributed by atoms with van der Waals surface area (Å²) in [6, 6.07) is -0.267. The van der Waals surface area contributed by atoms with Gasteiger partial charge in [0.1, 0.15) is 0 Å². The lowest BCUT2D eigenvalue weighted by Crippen LogP contribution is -2.59. The van der Waals surface area contributed by atoms with E-state index in [1.807, 2.05) is 20.8 Å². The first kappa shape index (κ1) is 13.8. The number of carboxylic acids is 1. The van der Waals surface area contributed by atoms with Crippen molar-refractivity contribution in [3.63, 3.8) is 0 Å². The van der Waals surface area contributed by atoms with Gasteiger partial charge in [0.15, 0.2) is 0 Å². The molecule has 0 aromatic rings. The van der Waals surface area contributed by atoms with Crippen molar-refractivity contribution < 1.29 is 19.4 Å². The van der Waals surface area contributed by atoms with Gasteiger partial charge < -0.3 is 20.1 Å². The Balaban J connectivity index is 2.48. The van der Waals surface area contributed by atoms with Gasteiger partial charge in [0.2, 0.25) is 0 Å². The van der Waals surface area contributed by atoms with E-state index >= 15 is 0 Å². The van der Waals surface area contributed by atoms with Crippen LogP contribution in [0.3, 0.4) is 0 Å². The zero-order valence-corrected chi connectivity index (χ0v) is 10.5. The maximum Gasteiger partial charge on any atom is 0.317 e. The first-order valence-corrected chi connectivity index (χ1v) is 5.75. The number of nitrogens with zero attached hydrogens (tertiary/aromatic N) is 1. The Bertz CT molecular complexity index is 304. The Morgan fingerprint density at radius 1 is 1.53 bits per heavy atom. The summed E-state index contributed by atoms with van der Waals surface area (Å²) in [5.74, 6) is -0.916. The van der Waals surface area contributed by atoms with E-state index in [-0.39, 0.29) is 30.6 Å². The molecule has 0 aromatic heterocycles. The fourth-order valence-corrected chi connectivity index (χ4v) is 1.75. The molecule has 0 saturated carbocycles. The summed E-state index contributed by atoms with van der Waals surface area (Å²) in [6.45, 7) is 6.99. The van der Waals surface area contributed by atoms with E-state index in [1.165, 1.54) is 0 Å². The molecule has 6 nitrogen and oxygen atoms in total. The fourth-order valence-electron chi connectivity index (χ4n) is 1.75. The van der Waals surface area contributed by atoms with E-state index in [2.05, 4.69) is 5.32 Å². The van der Waals surface area contributed by atoms with Crippen molar-refractivity contribution in [2.24, 2.45) is 0 Å². The van der Waals surface area contributed by atoms with Crippen molar-refractivity contribution in [3.8, 4) is 0 Å². The van der Waals surface area contributed by atoms with Gasteiger partial charge in [0, 0.05) is 13.1 Å². The van der Waals surface area contributed by atoms with Gasteiger partial charge in [-0.1, -0.05) is 0 Å². The molecule has 0 radical (unpaired) electrons. The molecule has 0 aromatic carbocycles. The smallest absolute Gasteiger partial charge is 0.317 e. The number of carbonyl (C=O) groups is 2. The van der Waals surface area contributed by atoms with E-state index in [1.54, 1.807) is 4.90 Å². The summed E-state index contributed by atoms with van der Waals surface area (Å²) in [5.41, 5.74) is -0.373. The van der Waals surface area contributed by atoms with Crippen molar-refractivity contribution >= 4 is 12.0 Å². The second-order valence-corrected chi connectivity index (χ2v) is 4.70. The summed E-state index contributed by atoms with van der Waals surface area (Å²) in [7, 11) is 0. The molecule has 1 rings (SSSR count). The van der Waals surface area contributed by atoms with Crippen LogP contribution in [0, 0.1) is 0 Å². The average molecular weight is 244 g/mol. The second kappa shape index (κ2) is 5.35. The van der Waals surface area contributed by atoms with Crippen LogP contribution in [0.1, 0.15) is 27.2 Å². The number of hydrogen-bond acceptors (Lipinski definition) is 3. The average Bonchev–Trinajstić information content (AvgIpc) is 2.21. The predicted octanol–water partition coefficient (Wildman–Crippen LogP) is 0.670. The van der Waals surface area contributed by atoms with Gasteiger partial charge in [-0.05, 0) is 20.8 Å². The molecule has 1 fully saturated rings. The van der Waals surface area contributed by atoms with Gasteiger partial charge in [-0.2, -0.15) is 0 Å². The molecule has 1 atom stereocenters. The Morgan fingerprint density at radius 2 is 2.18 bits per heavy atom. The molecular formula is C11H20N2O4. The largest absolute Gasteiger partial charge is 0.481 e. The minimum absolute atomic E-state index is 0.0407. The van der Waals surface area contributed by atoms with E-state index in [9.17, 15) is 9.59 Å². The summed E-state index contributed by atoms with van der Waals surface area (Å²) in [6.07, 6.45) is -0.0617. The van der Waals surface area contributed by atoms with Gasteiger partial charge in [0.05, 0.1) is 24.7 Å². The highest BCUT2D eigenvalue weighted by molar-refractivity contribution is 5.75. The molecule has 2 N–H and O–H groups in total. The third-order valence-electron chi connectivity index (χ3n) is 3.16. The molecule has 1 aliphatic heterocycles. The molecule has 1 heterocycles. The minimum atomic E-state index is -0.916. The second-order valence-electron chi connectivity index (χ2n) is 4.70. The third-order valence-corrected chi connectivity index (χ3v) is 3.16. The number of hydrogen-bond donors (Lipinski definition) is 2. The molecule has 98 valence electrons. The Labute approximate surface area is 101 Å². The molecule has 0 aliphatic carbocycles. The van der Waals surface area contributed by atoms with Gasteiger partial charge in [-0.3, -0.25) is 4.79 Å². The monoisotopic (exact) mass is 244 g/mol. The molecule has 1 unspecified atom stereocenters. The number of aliphatic carboxylic acids is 1. The van der Waals surface area contributed by atoms with Gasteiger partial charge in [-0.15, -0.1) is 0 Å². The van der Waals surface area contributed by atoms with Crippen LogP contribution < -0.4 is 5.32 Å². The number of carboxylic acid groups (broad SMARTS) is 1. The quantitative estimate of drug-likeness (QED) is 0.764. The zero-order valence-electron chi connectivity index (χ0n) is 10.5. The topological polar surface area (TPSA) is 78.9 Å².